The van der Waals surface area contributed by atoms with Gasteiger partial charge in [-0.3, -0.25) is 0 Å². The number of ether oxygens (including phenoxy) is 2. The second kappa shape index (κ2) is 6.72. The van der Waals surface area contributed by atoms with E-state index in [1.54, 1.807) is 0 Å². The molecule has 34 heavy (non-hydrogen) atoms. The van der Waals surface area contributed by atoms with Crippen LogP contribution in [0.2, 0.25) is 0 Å². The minimum atomic E-state index is -2.72. The zero-order valence-electron chi connectivity index (χ0n) is 18.4. The average molecular weight is 469 g/mol. The topological polar surface area (TPSA) is 103 Å². The molecule has 4 aliphatic heterocycles. The molecule has 8 rings (SSSR count). The lowest BCUT2D eigenvalue weighted by atomic mass is 10.1. The van der Waals surface area contributed by atoms with Gasteiger partial charge in [-0.15, -0.1) is 0 Å². The maximum absolute atomic E-state index is 14.0. The monoisotopic (exact) mass is 469 g/mol. The van der Waals surface area contributed by atoms with E-state index in [0.717, 1.165) is 0 Å². The van der Waals surface area contributed by atoms with Crippen molar-refractivity contribution in [2.75, 3.05) is 42.0 Å². The van der Waals surface area contributed by atoms with Crippen LogP contribution in [0.3, 0.4) is 0 Å². The van der Waals surface area contributed by atoms with Crippen LogP contribution in [0.15, 0.2) is 12.3 Å². The number of fused-ring (bicyclic) bond motifs is 10. The summed E-state index contributed by atoms with van der Waals surface area (Å²) in [5.41, 5.74) is 5.71. The van der Waals surface area contributed by atoms with Crippen LogP contribution in [0, 0.1) is 23.7 Å². The van der Waals surface area contributed by atoms with Crippen molar-refractivity contribution in [3.05, 3.63) is 17.8 Å². The molecule has 11 heteroatoms. The molecule has 4 bridgehead atoms. The Balaban J connectivity index is 1.28. The highest BCUT2D eigenvalue weighted by Gasteiger charge is 2.63. The van der Waals surface area contributed by atoms with E-state index in [9.17, 15) is 8.78 Å². The van der Waals surface area contributed by atoms with Crippen molar-refractivity contribution in [2.24, 2.45) is 23.7 Å². The highest BCUT2D eigenvalue weighted by atomic mass is 19.3. The second-order valence-corrected chi connectivity index (χ2v) is 10.5. The van der Waals surface area contributed by atoms with E-state index >= 15 is 0 Å². The third-order valence-corrected chi connectivity index (χ3v) is 8.85. The predicted octanol–water partition coefficient (Wildman–Crippen LogP) is 1.90. The van der Waals surface area contributed by atoms with Gasteiger partial charge in [0.25, 0.3) is 6.43 Å². The van der Waals surface area contributed by atoms with Crippen molar-refractivity contribution in [2.45, 2.75) is 43.4 Å². The summed E-state index contributed by atoms with van der Waals surface area (Å²) < 4.78 is 39.6. The molecule has 6 fully saturated rings. The molecule has 2 aromatic rings. The van der Waals surface area contributed by atoms with Gasteiger partial charge < -0.3 is 25.0 Å². The van der Waals surface area contributed by atoms with E-state index in [2.05, 4.69) is 14.8 Å². The van der Waals surface area contributed by atoms with Gasteiger partial charge >= 0.3 is 0 Å². The van der Waals surface area contributed by atoms with Crippen molar-refractivity contribution < 1.29 is 18.3 Å². The largest absolute Gasteiger partial charge is 0.384 e. The number of hydrogen-bond donors (Lipinski definition) is 1. The van der Waals surface area contributed by atoms with Crippen LogP contribution in [0.4, 0.5) is 26.5 Å². The van der Waals surface area contributed by atoms with Gasteiger partial charge in [0, 0.05) is 17.3 Å². The first-order valence-corrected chi connectivity index (χ1v) is 12.1. The molecule has 9 nitrogen and oxygen atoms in total. The van der Waals surface area contributed by atoms with Crippen LogP contribution in [0.25, 0.3) is 11.4 Å². The van der Waals surface area contributed by atoms with E-state index in [4.69, 9.17) is 30.2 Å². The number of aromatic nitrogens is 4. The highest BCUT2D eigenvalue weighted by molar-refractivity contribution is 5.65. The highest BCUT2D eigenvalue weighted by Crippen LogP contribution is 2.58. The molecule has 0 spiro atoms. The number of morpholine rings is 2. The number of alkyl halides is 2. The first-order chi connectivity index (χ1) is 16.6. The first kappa shape index (κ1) is 19.6. The Morgan fingerprint density at radius 2 is 1.32 bits per heavy atom. The Morgan fingerprint density at radius 3 is 1.79 bits per heavy atom. The second-order valence-electron chi connectivity index (χ2n) is 10.5. The molecule has 0 aromatic carbocycles. The van der Waals surface area contributed by atoms with Crippen LogP contribution >= 0.6 is 0 Å². The lowest BCUT2D eigenvalue weighted by Gasteiger charge is -2.40. The summed E-state index contributed by atoms with van der Waals surface area (Å²) >= 11 is 0. The standard InChI is InChI=1S/C23H25F2N7O2/c24-20(25)13-3-19(26)27-4-14(13)21-28-22(31-15-5-33-6-16(31)10-1-9(10)15)30-23(29-21)32-17-7-34-8-18(32)12-2-11(12)17/h3-4,9-12,15-18,20H,1-2,5-8H2,(H2,26,27)/t9-,10+,11-,12+,15+,16-,17?,18?. The lowest BCUT2D eigenvalue weighted by molar-refractivity contribution is 0.0756. The number of halogens is 2. The SMILES string of the molecule is Nc1cc(C(F)F)c(-c2nc(N3C4COCC3[C@@H]3C[C@H]43)nc(N3[C@@H]4COC[C@H]3[C@@H]3C[C@@H]34)n2)cn1. The van der Waals surface area contributed by atoms with Crippen molar-refractivity contribution in [1.82, 2.24) is 19.9 Å². The summed E-state index contributed by atoms with van der Waals surface area (Å²) in [4.78, 5) is 23.1. The van der Waals surface area contributed by atoms with Crippen molar-refractivity contribution >= 4 is 17.7 Å². The van der Waals surface area contributed by atoms with E-state index in [1.807, 2.05) is 0 Å². The minimum absolute atomic E-state index is 0.0474. The Morgan fingerprint density at radius 1 is 0.824 bits per heavy atom. The Labute approximate surface area is 194 Å². The van der Waals surface area contributed by atoms with Crippen LogP contribution < -0.4 is 15.5 Å². The van der Waals surface area contributed by atoms with Gasteiger partial charge in [-0.1, -0.05) is 0 Å². The van der Waals surface area contributed by atoms with Crippen LogP contribution in [0.1, 0.15) is 24.8 Å². The molecule has 8 atom stereocenters. The normalized spacial score (nSPS) is 38.8. The summed E-state index contributed by atoms with van der Waals surface area (Å²) in [6.07, 6.45) is 1.07. The van der Waals surface area contributed by atoms with Gasteiger partial charge in [0.15, 0.2) is 5.82 Å². The number of nitrogens with zero attached hydrogens (tertiary/aromatic N) is 6. The minimum Gasteiger partial charge on any atom is -0.384 e. The number of hydrogen-bond acceptors (Lipinski definition) is 9. The van der Waals surface area contributed by atoms with Crippen LogP contribution in [-0.2, 0) is 9.47 Å². The third kappa shape index (κ3) is 2.65. The quantitative estimate of drug-likeness (QED) is 0.719. The van der Waals surface area contributed by atoms with Gasteiger partial charge in [0.05, 0.1) is 50.6 Å². The smallest absolute Gasteiger partial charge is 0.264 e. The number of anilines is 3. The van der Waals surface area contributed by atoms with Gasteiger partial charge in [0.1, 0.15) is 5.82 Å². The molecular weight excluding hydrogens is 444 g/mol. The van der Waals surface area contributed by atoms with E-state index in [1.165, 1.54) is 25.1 Å². The zero-order valence-corrected chi connectivity index (χ0v) is 18.4. The number of nitrogens with two attached hydrogens (primary N) is 1. The van der Waals surface area contributed by atoms with Crippen LogP contribution in [-0.4, -0.2) is 70.5 Å². The third-order valence-electron chi connectivity index (χ3n) is 8.85. The molecule has 6 heterocycles. The summed E-state index contributed by atoms with van der Waals surface area (Å²) in [7, 11) is 0. The maximum Gasteiger partial charge on any atom is 0.264 e. The van der Waals surface area contributed by atoms with E-state index in [-0.39, 0.29) is 46.9 Å². The first-order valence-electron chi connectivity index (χ1n) is 12.1. The van der Waals surface area contributed by atoms with Crippen LogP contribution in [0.5, 0.6) is 0 Å². The average Bonchev–Trinajstić information content (AvgIpc) is 3.75. The fourth-order valence-electron chi connectivity index (χ4n) is 7.15. The summed E-state index contributed by atoms with van der Waals surface area (Å²) in [6, 6.07) is 2.10. The van der Waals surface area contributed by atoms with Gasteiger partial charge in [-0.05, 0) is 42.6 Å². The molecule has 6 aliphatic rings. The molecule has 4 saturated heterocycles. The fourth-order valence-corrected chi connectivity index (χ4v) is 7.15. The molecule has 2 aliphatic carbocycles. The molecular formula is C23H25F2N7O2. The molecule has 2 N–H and O–H groups in total. The van der Waals surface area contributed by atoms with Crippen molar-refractivity contribution in [3.8, 4) is 11.4 Å². The molecule has 2 saturated carbocycles. The summed E-state index contributed by atoms with van der Waals surface area (Å²) in [5.74, 6) is 3.77. The summed E-state index contributed by atoms with van der Waals surface area (Å²) in [6.45, 7) is 2.58. The number of nitrogen functional groups attached to an aromatic ring is 1. The maximum atomic E-state index is 14.0. The molecule has 2 aromatic heterocycles. The molecule has 178 valence electrons. The Hall–Kier alpha value is -2.66. The van der Waals surface area contributed by atoms with Crippen molar-refractivity contribution in [1.29, 1.82) is 0 Å². The zero-order chi connectivity index (χ0) is 22.7. The van der Waals surface area contributed by atoms with E-state index in [0.29, 0.717) is 62.0 Å². The van der Waals surface area contributed by atoms with Gasteiger partial charge in [0.2, 0.25) is 11.9 Å². The van der Waals surface area contributed by atoms with E-state index < -0.39 is 6.43 Å². The van der Waals surface area contributed by atoms with Crippen molar-refractivity contribution in [3.63, 3.8) is 0 Å². The predicted molar refractivity (Wildman–Crippen MR) is 117 cm³/mol. The summed E-state index contributed by atoms with van der Waals surface area (Å²) in [5, 5.41) is 0. The fraction of sp³-hybridized carbons (Fsp3) is 0.652. The number of piperidine rings is 2. The molecule has 0 amide bonds. The number of rotatable bonds is 4. The Kier molecular flexibility index (Phi) is 3.88. The molecule has 0 radical (unpaired) electrons. The van der Waals surface area contributed by atoms with Gasteiger partial charge in [-0.25, -0.2) is 13.8 Å². The molecule has 2 unspecified atom stereocenters. The lowest BCUT2D eigenvalue weighted by Crippen LogP contribution is -2.52. The van der Waals surface area contributed by atoms with Gasteiger partial charge in [-0.2, -0.15) is 15.0 Å². The number of pyridine rings is 1. The Bertz CT molecular complexity index is 1090.